The number of hydrogen-bond donors (Lipinski definition) is 1. The number of halogens is 1. The highest BCUT2D eigenvalue weighted by molar-refractivity contribution is 6.31. The van der Waals surface area contributed by atoms with Gasteiger partial charge < -0.3 is 10.1 Å². The van der Waals surface area contributed by atoms with E-state index < -0.39 is 0 Å². The molecule has 1 amide bonds. The highest BCUT2D eigenvalue weighted by Gasteiger charge is 2.05. The van der Waals surface area contributed by atoms with E-state index in [-0.39, 0.29) is 30.9 Å². The lowest BCUT2D eigenvalue weighted by molar-refractivity contribution is -0.147. The Morgan fingerprint density at radius 1 is 1.38 bits per heavy atom. The summed E-state index contributed by atoms with van der Waals surface area (Å²) < 4.78 is 4.96. The minimum absolute atomic E-state index is 0.139. The molecule has 0 fully saturated rings. The number of hydrogen-bond acceptors (Lipinski definition) is 3. The molecule has 1 aromatic carbocycles. The van der Waals surface area contributed by atoms with Crippen LogP contribution in [0.1, 0.15) is 31.4 Å². The van der Waals surface area contributed by atoms with Crippen molar-refractivity contribution in [1.29, 1.82) is 0 Å². The zero-order valence-electron chi connectivity index (χ0n) is 12.5. The van der Waals surface area contributed by atoms with Gasteiger partial charge in [0.1, 0.15) is 0 Å². The van der Waals surface area contributed by atoms with Gasteiger partial charge in [0, 0.05) is 17.6 Å². The molecule has 21 heavy (non-hydrogen) atoms. The molecule has 5 heteroatoms. The molecule has 0 unspecified atom stereocenters. The quantitative estimate of drug-likeness (QED) is 0.649. The van der Waals surface area contributed by atoms with E-state index >= 15 is 0 Å². The molecule has 0 bridgehead atoms. The van der Waals surface area contributed by atoms with Crippen LogP contribution in [0.3, 0.4) is 0 Å². The van der Waals surface area contributed by atoms with Gasteiger partial charge in [-0.25, -0.2) is 0 Å². The van der Waals surface area contributed by atoms with Crippen LogP contribution in [-0.4, -0.2) is 24.5 Å². The van der Waals surface area contributed by atoms with E-state index in [1.54, 1.807) is 26.0 Å². The molecule has 0 heterocycles. The van der Waals surface area contributed by atoms with Crippen LogP contribution < -0.4 is 5.32 Å². The van der Waals surface area contributed by atoms with Crippen molar-refractivity contribution in [2.75, 3.05) is 6.54 Å². The van der Waals surface area contributed by atoms with Crippen LogP contribution in [-0.2, 0) is 14.3 Å². The highest BCUT2D eigenvalue weighted by atomic mass is 35.5. The number of aryl methyl sites for hydroxylation is 1. The molecule has 0 atom stereocenters. The van der Waals surface area contributed by atoms with Crippen molar-refractivity contribution in [3.05, 3.63) is 40.4 Å². The number of carbonyl (C=O) groups excluding carboxylic acids is 2. The third-order valence-corrected chi connectivity index (χ3v) is 3.03. The molecule has 0 saturated carbocycles. The molecule has 0 saturated heterocycles. The Balaban J connectivity index is 2.38. The van der Waals surface area contributed by atoms with Crippen LogP contribution >= 0.6 is 11.6 Å². The summed E-state index contributed by atoms with van der Waals surface area (Å²) in [6.07, 6.45) is 3.11. The first kappa shape index (κ1) is 17.2. The largest absolute Gasteiger partial charge is 0.463 e. The zero-order valence-corrected chi connectivity index (χ0v) is 13.2. The Kier molecular flexibility index (Phi) is 6.96. The maximum Gasteiger partial charge on any atom is 0.307 e. The summed E-state index contributed by atoms with van der Waals surface area (Å²) in [5.41, 5.74) is 1.84. The van der Waals surface area contributed by atoms with Crippen LogP contribution in [0, 0.1) is 6.92 Å². The molecular weight excluding hydrogens is 290 g/mol. The van der Waals surface area contributed by atoms with Gasteiger partial charge in [0.05, 0.1) is 12.5 Å². The normalized spacial score (nSPS) is 10.9. The van der Waals surface area contributed by atoms with Gasteiger partial charge in [0.25, 0.3) is 0 Å². The van der Waals surface area contributed by atoms with E-state index in [4.69, 9.17) is 16.3 Å². The van der Waals surface area contributed by atoms with Gasteiger partial charge in [0.2, 0.25) is 5.91 Å². The maximum atomic E-state index is 11.6. The van der Waals surface area contributed by atoms with Gasteiger partial charge in [0.15, 0.2) is 0 Å². The molecule has 1 rings (SSSR count). The lowest BCUT2D eigenvalue weighted by Crippen LogP contribution is -2.25. The van der Waals surface area contributed by atoms with Crippen molar-refractivity contribution < 1.29 is 14.3 Å². The monoisotopic (exact) mass is 309 g/mol. The van der Waals surface area contributed by atoms with Gasteiger partial charge >= 0.3 is 5.97 Å². The Bertz CT molecular complexity index is 538. The van der Waals surface area contributed by atoms with Crippen LogP contribution in [0.2, 0.25) is 5.02 Å². The van der Waals surface area contributed by atoms with Crippen LogP contribution in [0.5, 0.6) is 0 Å². The van der Waals surface area contributed by atoms with Crippen molar-refractivity contribution in [2.24, 2.45) is 0 Å². The lowest BCUT2D eigenvalue weighted by atomic mass is 10.1. The molecule has 114 valence electrons. The summed E-state index contributed by atoms with van der Waals surface area (Å²) in [5, 5.41) is 3.28. The summed E-state index contributed by atoms with van der Waals surface area (Å²) in [5.74, 6) is -0.580. The van der Waals surface area contributed by atoms with Crippen molar-refractivity contribution >= 4 is 29.6 Å². The van der Waals surface area contributed by atoms with Crippen molar-refractivity contribution in [1.82, 2.24) is 5.32 Å². The number of rotatable bonds is 6. The average Bonchev–Trinajstić information content (AvgIpc) is 2.39. The topological polar surface area (TPSA) is 55.4 Å². The highest BCUT2D eigenvalue weighted by Crippen LogP contribution is 2.17. The Morgan fingerprint density at radius 3 is 2.71 bits per heavy atom. The maximum absolute atomic E-state index is 11.6. The number of amides is 1. The first-order chi connectivity index (χ1) is 9.88. The van der Waals surface area contributed by atoms with Gasteiger partial charge in [-0.15, -0.1) is 0 Å². The van der Waals surface area contributed by atoms with Crippen LogP contribution in [0.4, 0.5) is 0 Å². The molecule has 0 radical (unpaired) electrons. The Hall–Kier alpha value is -1.81. The average molecular weight is 310 g/mol. The van der Waals surface area contributed by atoms with E-state index in [1.165, 1.54) is 6.08 Å². The molecule has 4 nitrogen and oxygen atoms in total. The van der Waals surface area contributed by atoms with E-state index in [0.29, 0.717) is 5.02 Å². The van der Waals surface area contributed by atoms with Crippen LogP contribution in [0.15, 0.2) is 24.3 Å². The van der Waals surface area contributed by atoms with Crippen molar-refractivity contribution in [2.45, 2.75) is 33.3 Å². The third kappa shape index (κ3) is 6.95. The summed E-state index contributed by atoms with van der Waals surface area (Å²) >= 11 is 6.00. The zero-order chi connectivity index (χ0) is 15.8. The summed E-state index contributed by atoms with van der Waals surface area (Å²) in [6.45, 7) is 5.74. The van der Waals surface area contributed by atoms with E-state index in [1.807, 2.05) is 19.1 Å². The second-order valence-electron chi connectivity index (χ2n) is 4.92. The van der Waals surface area contributed by atoms with Gasteiger partial charge in [-0.1, -0.05) is 23.7 Å². The second-order valence-corrected chi connectivity index (χ2v) is 5.33. The first-order valence-electron chi connectivity index (χ1n) is 6.80. The summed E-state index contributed by atoms with van der Waals surface area (Å²) in [4.78, 5) is 22.9. The van der Waals surface area contributed by atoms with Crippen molar-refractivity contribution in [3.8, 4) is 0 Å². The molecule has 1 aromatic rings. The lowest BCUT2D eigenvalue weighted by Gasteiger charge is -2.07. The van der Waals surface area contributed by atoms with Gasteiger partial charge in [-0.3, -0.25) is 9.59 Å². The minimum atomic E-state index is -0.320. The molecule has 0 aliphatic carbocycles. The Labute approximate surface area is 130 Å². The first-order valence-corrected chi connectivity index (χ1v) is 7.18. The van der Waals surface area contributed by atoms with Crippen molar-refractivity contribution in [3.63, 3.8) is 0 Å². The smallest absolute Gasteiger partial charge is 0.307 e. The fraction of sp³-hybridized carbons (Fsp3) is 0.375. The predicted octanol–water partition coefficient (Wildman–Crippen LogP) is 3.12. The Morgan fingerprint density at radius 2 is 2.10 bits per heavy atom. The van der Waals surface area contributed by atoms with E-state index in [2.05, 4.69) is 5.32 Å². The van der Waals surface area contributed by atoms with Gasteiger partial charge in [-0.2, -0.15) is 0 Å². The number of carbonyl (C=O) groups is 2. The van der Waals surface area contributed by atoms with E-state index in [9.17, 15) is 9.59 Å². The molecular formula is C16H20ClNO3. The number of esters is 1. The SMILES string of the molecule is Cc1ccc(/C=C/C(=O)NCCC(=O)OC(C)C)cc1Cl. The molecule has 0 aromatic heterocycles. The van der Waals surface area contributed by atoms with Gasteiger partial charge in [-0.05, 0) is 44.0 Å². The second kappa shape index (κ2) is 8.47. The van der Waals surface area contributed by atoms with Crippen LogP contribution in [0.25, 0.3) is 6.08 Å². The molecule has 0 aliphatic heterocycles. The molecule has 0 spiro atoms. The molecule has 1 N–H and O–H groups in total. The summed E-state index contributed by atoms with van der Waals surface area (Å²) in [6, 6.07) is 5.56. The predicted molar refractivity (Wildman–Crippen MR) is 84.1 cm³/mol. The fourth-order valence-electron chi connectivity index (χ4n) is 1.55. The standard InChI is InChI=1S/C16H20ClNO3/c1-11(2)21-16(20)8-9-18-15(19)7-6-13-5-4-12(3)14(17)10-13/h4-7,10-11H,8-9H2,1-3H3,(H,18,19)/b7-6+. The van der Waals surface area contributed by atoms with E-state index in [0.717, 1.165) is 11.1 Å². The number of benzene rings is 1. The number of ether oxygens (including phenoxy) is 1. The third-order valence-electron chi connectivity index (χ3n) is 2.62. The number of nitrogens with one attached hydrogen (secondary N) is 1. The molecule has 0 aliphatic rings. The fourth-order valence-corrected chi connectivity index (χ4v) is 1.74. The summed E-state index contributed by atoms with van der Waals surface area (Å²) in [7, 11) is 0. The minimum Gasteiger partial charge on any atom is -0.463 e.